The Hall–Kier alpha value is -3.35. The van der Waals surface area contributed by atoms with Gasteiger partial charge in [-0.15, -0.1) is 0 Å². The summed E-state index contributed by atoms with van der Waals surface area (Å²) in [6.07, 6.45) is 0. The molecule has 0 aromatic heterocycles. The third-order valence-electron chi connectivity index (χ3n) is 3.75. The maximum atomic E-state index is 12.0. The number of anilines is 2. The first-order valence-electron chi connectivity index (χ1n) is 8.45. The Balaban J connectivity index is 1.85. The Morgan fingerprint density at radius 3 is 2.19 bits per heavy atom. The third kappa shape index (κ3) is 5.85. The van der Waals surface area contributed by atoms with Crippen molar-refractivity contribution in [2.24, 2.45) is 0 Å². The highest BCUT2D eigenvalue weighted by atomic mass is 16.5. The second kappa shape index (κ2) is 9.38. The van der Waals surface area contributed by atoms with Gasteiger partial charge >= 0.3 is 5.97 Å². The number of carbonyl (C=O) groups excluding carboxylic acids is 3. The van der Waals surface area contributed by atoms with Crippen molar-refractivity contribution >= 4 is 29.2 Å². The summed E-state index contributed by atoms with van der Waals surface area (Å²) in [5, 5.41) is 2.69. The van der Waals surface area contributed by atoms with Crippen molar-refractivity contribution in [3.8, 4) is 5.75 Å². The van der Waals surface area contributed by atoms with Gasteiger partial charge in [-0.3, -0.25) is 9.59 Å². The zero-order chi connectivity index (χ0) is 19.8. The first-order valence-corrected chi connectivity index (χ1v) is 8.45. The molecule has 1 N–H and O–H groups in total. The van der Waals surface area contributed by atoms with E-state index in [4.69, 9.17) is 9.47 Å². The highest BCUT2D eigenvalue weighted by molar-refractivity contribution is 5.94. The van der Waals surface area contributed by atoms with E-state index >= 15 is 0 Å². The van der Waals surface area contributed by atoms with E-state index in [1.165, 1.54) is 11.8 Å². The van der Waals surface area contributed by atoms with Crippen molar-refractivity contribution in [3.63, 3.8) is 0 Å². The van der Waals surface area contributed by atoms with Gasteiger partial charge in [0.15, 0.2) is 6.61 Å². The van der Waals surface area contributed by atoms with Crippen molar-refractivity contribution in [1.29, 1.82) is 0 Å². The Labute approximate surface area is 157 Å². The minimum Gasteiger partial charge on any atom is -0.484 e. The highest BCUT2D eigenvalue weighted by Crippen LogP contribution is 2.18. The zero-order valence-electron chi connectivity index (χ0n) is 15.5. The van der Waals surface area contributed by atoms with Crippen LogP contribution in [0.2, 0.25) is 0 Å². The molecule has 2 amide bonds. The molecule has 27 heavy (non-hydrogen) atoms. The van der Waals surface area contributed by atoms with Crippen molar-refractivity contribution in [2.45, 2.75) is 13.8 Å². The van der Waals surface area contributed by atoms with Crippen LogP contribution in [0.3, 0.4) is 0 Å². The van der Waals surface area contributed by atoms with Crippen LogP contribution in [0.1, 0.15) is 24.2 Å². The van der Waals surface area contributed by atoms with Crippen LogP contribution >= 0.6 is 0 Å². The molecule has 0 spiro atoms. The van der Waals surface area contributed by atoms with Crippen LogP contribution in [0, 0.1) is 0 Å². The molecule has 0 fully saturated rings. The molecule has 2 aromatic carbocycles. The number of benzene rings is 2. The minimum absolute atomic E-state index is 0.0722. The van der Waals surface area contributed by atoms with E-state index in [9.17, 15) is 14.4 Å². The fourth-order valence-corrected chi connectivity index (χ4v) is 2.20. The van der Waals surface area contributed by atoms with Gasteiger partial charge in [0.05, 0.1) is 12.2 Å². The van der Waals surface area contributed by atoms with Crippen LogP contribution in [0.25, 0.3) is 0 Å². The van der Waals surface area contributed by atoms with Gasteiger partial charge in [-0.1, -0.05) is 0 Å². The molecular weight excluding hydrogens is 348 g/mol. The van der Waals surface area contributed by atoms with E-state index in [2.05, 4.69) is 5.32 Å². The molecule has 142 valence electrons. The topological polar surface area (TPSA) is 84.9 Å². The monoisotopic (exact) mass is 370 g/mol. The van der Waals surface area contributed by atoms with Gasteiger partial charge < -0.3 is 19.7 Å². The fraction of sp³-hybridized carbons (Fsp3) is 0.250. The Morgan fingerprint density at radius 1 is 1.00 bits per heavy atom. The molecule has 0 saturated heterocycles. The molecule has 2 rings (SSSR count). The molecule has 0 bridgehead atoms. The van der Waals surface area contributed by atoms with Gasteiger partial charge in [-0.2, -0.15) is 0 Å². The van der Waals surface area contributed by atoms with Crippen LogP contribution in [0.5, 0.6) is 5.75 Å². The first kappa shape index (κ1) is 20.0. The zero-order valence-corrected chi connectivity index (χ0v) is 15.5. The van der Waals surface area contributed by atoms with E-state index in [1.807, 2.05) is 0 Å². The van der Waals surface area contributed by atoms with Crippen molar-refractivity contribution in [3.05, 3.63) is 54.1 Å². The number of rotatable bonds is 7. The van der Waals surface area contributed by atoms with Gasteiger partial charge in [0, 0.05) is 25.3 Å². The van der Waals surface area contributed by atoms with Crippen molar-refractivity contribution < 1.29 is 23.9 Å². The average molecular weight is 370 g/mol. The molecule has 0 heterocycles. The summed E-state index contributed by atoms with van der Waals surface area (Å²) in [6.45, 7) is 3.36. The molecule has 0 aliphatic rings. The molecule has 0 atom stereocenters. The lowest BCUT2D eigenvalue weighted by atomic mass is 10.2. The van der Waals surface area contributed by atoms with E-state index < -0.39 is 5.97 Å². The maximum Gasteiger partial charge on any atom is 0.338 e. The summed E-state index contributed by atoms with van der Waals surface area (Å²) in [7, 11) is 1.68. The molecule has 0 radical (unpaired) electrons. The Bertz CT molecular complexity index is 800. The second-order valence-corrected chi connectivity index (χ2v) is 5.71. The number of amides is 2. The van der Waals surface area contributed by atoms with Gasteiger partial charge in [-0.25, -0.2) is 4.79 Å². The Morgan fingerprint density at radius 2 is 1.63 bits per heavy atom. The lowest BCUT2D eigenvalue weighted by Gasteiger charge is -2.15. The van der Waals surface area contributed by atoms with Gasteiger partial charge in [-0.05, 0) is 55.5 Å². The summed E-state index contributed by atoms with van der Waals surface area (Å²) in [6, 6.07) is 13.3. The largest absolute Gasteiger partial charge is 0.484 e. The van der Waals surface area contributed by atoms with Crippen molar-refractivity contribution in [2.75, 3.05) is 30.5 Å². The van der Waals surface area contributed by atoms with Crippen LogP contribution in [0.4, 0.5) is 11.4 Å². The van der Waals surface area contributed by atoms with E-state index in [-0.39, 0.29) is 18.4 Å². The van der Waals surface area contributed by atoms with Crippen molar-refractivity contribution in [1.82, 2.24) is 0 Å². The number of hydrogen-bond acceptors (Lipinski definition) is 5. The highest BCUT2D eigenvalue weighted by Gasteiger charge is 2.09. The minimum atomic E-state index is -0.405. The fourth-order valence-electron chi connectivity index (χ4n) is 2.20. The van der Waals surface area contributed by atoms with E-state index in [1.54, 1.807) is 62.5 Å². The number of esters is 1. The number of carbonyl (C=O) groups is 3. The summed E-state index contributed by atoms with van der Waals surface area (Å²) >= 11 is 0. The number of ether oxygens (including phenoxy) is 2. The van der Waals surface area contributed by atoms with Gasteiger partial charge in [0.25, 0.3) is 5.91 Å². The van der Waals surface area contributed by atoms with E-state index in [0.717, 1.165) is 5.69 Å². The van der Waals surface area contributed by atoms with Crippen LogP contribution in [-0.2, 0) is 14.3 Å². The molecule has 7 nitrogen and oxygen atoms in total. The van der Waals surface area contributed by atoms with Gasteiger partial charge in [0.1, 0.15) is 5.75 Å². The number of nitrogens with one attached hydrogen (secondary N) is 1. The number of hydrogen-bond donors (Lipinski definition) is 1. The summed E-state index contributed by atoms with van der Waals surface area (Å²) < 4.78 is 10.3. The van der Waals surface area contributed by atoms with Gasteiger partial charge in [0.2, 0.25) is 5.91 Å². The van der Waals surface area contributed by atoms with Crippen LogP contribution < -0.4 is 15.0 Å². The standard InChI is InChI=1S/C20H22N2O5/c1-4-26-20(25)15-5-7-16(8-6-15)21-19(24)13-27-18-11-9-17(10-12-18)22(3)14(2)23/h5-12H,4,13H2,1-3H3,(H,21,24). The average Bonchev–Trinajstić information content (AvgIpc) is 2.67. The maximum absolute atomic E-state index is 12.0. The molecule has 0 unspecified atom stereocenters. The summed E-state index contributed by atoms with van der Waals surface area (Å²) in [5.74, 6) is -0.290. The first-order chi connectivity index (χ1) is 12.9. The Kier molecular flexibility index (Phi) is 6.93. The lowest BCUT2D eigenvalue weighted by Crippen LogP contribution is -2.22. The molecule has 0 aliphatic heterocycles. The molecule has 2 aromatic rings. The normalized spacial score (nSPS) is 10.0. The van der Waals surface area contributed by atoms with Crippen LogP contribution in [0.15, 0.2) is 48.5 Å². The quantitative estimate of drug-likeness (QED) is 0.758. The predicted molar refractivity (Wildman–Crippen MR) is 102 cm³/mol. The lowest BCUT2D eigenvalue weighted by molar-refractivity contribution is -0.118. The SMILES string of the molecule is CCOC(=O)c1ccc(NC(=O)COc2ccc(N(C)C(C)=O)cc2)cc1. The molecule has 7 heteroatoms. The van der Waals surface area contributed by atoms with E-state index in [0.29, 0.717) is 23.6 Å². The summed E-state index contributed by atoms with van der Waals surface area (Å²) in [4.78, 5) is 36.4. The van der Waals surface area contributed by atoms with Crippen LogP contribution in [-0.4, -0.2) is 38.0 Å². The molecule has 0 saturated carbocycles. The third-order valence-corrected chi connectivity index (χ3v) is 3.75. The smallest absolute Gasteiger partial charge is 0.338 e. The number of nitrogens with zero attached hydrogens (tertiary/aromatic N) is 1. The second-order valence-electron chi connectivity index (χ2n) is 5.71. The summed E-state index contributed by atoms with van der Waals surface area (Å²) in [5.41, 5.74) is 1.71. The molecule has 0 aliphatic carbocycles. The molecular formula is C20H22N2O5. The predicted octanol–water partition coefficient (Wildman–Crippen LogP) is 2.86.